The second-order valence-corrected chi connectivity index (χ2v) is 11.2. The van der Waals surface area contributed by atoms with Crippen molar-refractivity contribution in [1.29, 1.82) is 0 Å². The Labute approximate surface area is 194 Å². The molecule has 0 spiro atoms. The van der Waals surface area contributed by atoms with E-state index in [1.54, 1.807) is 27.8 Å². The van der Waals surface area contributed by atoms with Gasteiger partial charge in [0.25, 0.3) is 5.56 Å². The van der Waals surface area contributed by atoms with Crippen LogP contribution in [0.25, 0.3) is 11.0 Å². The van der Waals surface area contributed by atoms with Gasteiger partial charge in [0, 0.05) is 18.7 Å². The Balaban J connectivity index is 1.96. The first-order valence-corrected chi connectivity index (χ1v) is 11.6. The zero-order chi connectivity index (χ0) is 24.3. The molecule has 1 saturated carbocycles. The van der Waals surface area contributed by atoms with Crippen molar-refractivity contribution in [3.05, 3.63) is 56.7 Å². The predicted molar refractivity (Wildman–Crippen MR) is 121 cm³/mol. The van der Waals surface area contributed by atoms with Crippen LogP contribution in [-0.4, -0.2) is 34.0 Å². The van der Waals surface area contributed by atoms with Crippen LogP contribution in [0.4, 0.5) is 13.2 Å². The Morgan fingerprint density at radius 2 is 1.88 bits per heavy atom. The number of aryl methyl sites for hydroxylation is 1. The number of hydrogen-bond donors (Lipinski definition) is 0. The molecule has 3 aromatic rings. The molecule has 2 aromatic heterocycles. The van der Waals surface area contributed by atoms with Gasteiger partial charge in [-0.2, -0.15) is 22.7 Å². The van der Waals surface area contributed by atoms with Gasteiger partial charge in [-0.05, 0) is 45.7 Å². The molecule has 0 radical (unpaired) electrons. The summed E-state index contributed by atoms with van der Waals surface area (Å²) in [6.07, 6.45) is -1.43. The van der Waals surface area contributed by atoms with Gasteiger partial charge in [0.15, 0.2) is 5.52 Å². The topological polar surface area (TPSA) is 82.1 Å². The Hall–Kier alpha value is -2.53. The SMILES string of the molecule is Cn1nc2c(=O)n(C3CC3)cnc2c1C(=NS(=O)C(C)(C)C)c1ccc(C(F)(F)F)c(Cl)c1. The Kier molecular flexibility index (Phi) is 5.76. The van der Waals surface area contributed by atoms with Crippen molar-refractivity contribution in [1.82, 2.24) is 19.3 Å². The fourth-order valence-corrected chi connectivity index (χ4v) is 4.22. The van der Waals surface area contributed by atoms with E-state index in [2.05, 4.69) is 14.5 Å². The second-order valence-electron chi connectivity index (χ2n) is 8.85. The first-order chi connectivity index (χ1) is 15.3. The lowest BCUT2D eigenvalue weighted by molar-refractivity contribution is -0.137. The van der Waals surface area contributed by atoms with E-state index in [4.69, 9.17) is 11.6 Å². The second kappa shape index (κ2) is 8.05. The summed E-state index contributed by atoms with van der Waals surface area (Å²) in [5.41, 5.74) is -0.438. The van der Waals surface area contributed by atoms with Crippen molar-refractivity contribution in [2.75, 3.05) is 0 Å². The molecule has 0 N–H and O–H groups in total. The van der Waals surface area contributed by atoms with Crippen LogP contribution in [0.2, 0.25) is 5.02 Å². The van der Waals surface area contributed by atoms with E-state index in [-0.39, 0.29) is 39.6 Å². The van der Waals surface area contributed by atoms with Gasteiger partial charge in [-0.3, -0.25) is 14.0 Å². The average Bonchev–Trinajstić information content (AvgIpc) is 3.47. The van der Waals surface area contributed by atoms with E-state index in [1.165, 1.54) is 21.6 Å². The van der Waals surface area contributed by atoms with Crippen LogP contribution >= 0.6 is 11.6 Å². The maximum absolute atomic E-state index is 13.2. The average molecular weight is 500 g/mol. The minimum atomic E-state index is -4.63. The normalized spacial score (nSPS) is 16.4. The lowest BCUT2D eigenvalue weighted by Crippen LogP contribution is -2.22. The van der Waals surface area contributed by atoms with Crippen LogP contribution in [0.3, 0.4) is 0 Å². The van der Waals surface area contributed by atoms with E-state index >= 15 is 0 Å². The molecule has 176 valence electrons. The maximum atomic E-state index is 13.2. The minimum absolute atomic E-state index is 0.0833. The summed E-state index contributed by atoms with van der Waals surface area (Å²) in [6.45, 7) is 5.16. The van der Waals surface area contributed by atoms with Gasteiger partial charge in [0.1, 0.15) is 27.9 Å². The van der Waals surface area contributed by atoms with Crippen LogP contribution in [-0.2, 0) is 24.2 Å². The highest BCUT2D eigenvalue weighted by molar-refractivity contribution is 7.85. The van der Waals surface area contributed by atoms with E-state index < -0.39 is 32.5 Å². The number of benzene rings is 1. The molecule has 12 heteroatoms. The van der Waals surface area contributed by atoms with E-state index in [0.29, 0.717) is 0 Å². The molecule has 0 bridgehead atoms. The summed E-state index contributed by atoms with van der Waals surface area (Å²) in [4.78, 5) is 17.3. The fourth-order valence-electron chi connectivity index (χ4n) is 3.30. The third kappa shape index (κ3) is 4.48. The first kappa shape index (κ1) is 23.6. The van der Waals surface area contributed by atoms with Gasteiger partial charge < -0.3 is 0 Å². The van der Waals surface area contributed by atoms with Crippen LogP contribution in [0, 0.1) is 0 Å². The van der Waals surface area contributed by atoms with E-state index in [0.717, 1.165) is 25.0 Å². The number of rotatable bonds is 4. The molecule has 1 atom stereocenters. The van der Waals surface area contributed by atoms with Gasteiger partial charge in [0.05, 0.1) is 21.7 Å². The van der Waals surface area contributed by atoms with Crippen LogP contribution < -0.4 is 5.56 Å². The number of hydrogen-bond acceptors (Lipinski definition) is 4. The maximum Gasteiger partial charge on any atom is 0.417 e. The lowest BCUT2D eigenvalue weighted by atomic mass is 10.0. The predicted octanol–water partition coefficient (Wildman–Crippen LogP) is 4.44. The Morgan fingerprint density at radius 1 is 1.21 bits per heavy atom. The number of fused-ring (bicyclic) bond motifs is 1. The Bertz CT molecular complexity index is 1370. The van der Waals surface area contributed by atoms with Crippen LogP contribution in [0.15, 0.2) is 33.7 Å². The van der Waals surface area contributed by atoms with Gasteiger partial charge in [0.2, 0.25) is 0 Å². The molecular formula is C21H21ClF3N5O2S. The first-order valence-electron chi connectivity index (χ1n) is 10.1. The van der Waals surface area contributed by atoms with Crippen molar-refractivity contribution >= 4 is 39.3 Å². The molecule has 0 amide bonds. The zero-order valence-electron chi connectivity index (χ0n) is 18.3. The summed E-state index contributed by atoms with van der Waals surface area (Å²) in [5.74, 6) is 0. The molecule has 7 nitrogen and oxygen atoms in total. The molecule has 1 aliphatic carbocycles. The zero-order valence-corrected chi connectivity index (χ0v) is 19.8. The van der Waals surface area contributed by atoms with Gasteiger partial charge in [-0.25, -0.2) is 9.19 Å². The third-order valence-electron chi connectivity index (χ3n) is 5.18. The van der Waals surface area contributed by atoms with Crippen molar-refractivity contribution in [3.8, 4) is 0 Å². The van der Waals surface area contributed by atoms with Gasteiger partial charge in [-0.15, -0.1) is 0 Å². The summed E-state index contributed by atoms with van der Waals surface area (Å²) < 4.78 is 59.1. The molecule has 0 aliphatic heterocycles. The molecule has 1 unspecified atom stereocenters. The summed E-state index contributed by atoms with van der Waals surface area (Å²) in [6, 6.07) is 3.26. The molecule has 0 saturated heterocycles. The molecule has 2 heterocycles. The summed E-state index contributed by atoms with van der Waals surface area (Å²) in [5, 5.41) is 3.78. The monoisotopic (exact) mass is 499 g/mol. The van der Waals surface area contributed by atoms with Crippen molar-refractivity contribution in [2.24, 2.45) is 11.4 Å². The largest absolute Gasteiger partial charge is 0.417 e. The molecule has 33 heavy (non-hydrogen) atoms. The summed E-state index contributed by atoms with van der Waals surface area (Å²) in [7, 11) is -0.201. The smallest absolute Gasteiger partial charge is 0.294 e. The van der Waals surface area contributed by atoms with Crippen LogP contribution in [0.1, 0.15) is 56.5 Å². The standard InChI is InChI=1S/C21H21ClF3N5O2S/c1-20(2,3)33(32)28-15(11-5-8-13(14(22)9-11)21(23,24)25)18-16-17(27-29(18)4)19(31)30(10-26-16)12-6-7-12/h5,8-10,12H,6-7H2,1-4H3. The molecular weight excluding hydrogens is 479 g/mol. The third-order valence-corrected chi connectivity index (χ3v) is 6.89. The highest BCUT2D eigenvalue weighted by Crippen LogP contribution is 2.36. The number of alkyl halides is 3. The molecule has 1 fully saturated rings. The number of aromatic nitrogens is 4. The Morgan fingerprint density at radius 3 is 2.42 bits per heavy atom. The lowest BCUT2D eigenvalue weighted by Gasteiger charge is -2.16. The van der Waals surface area contributed by atoms with Gasteiger partial charge >= 0.3 is 6.18 Å². The fraction of sp³-hybridized carbons (Fsp3) is 0.429. The van der Waals surface area contributed by atoms with Crippen molar-refractivity contribution < 1.29 is 17.4 Å². The van der Waals surface area contributed by atoms with Crippen molar-refractivity contribution in [3.63, 3.8) is 0 Å². The minimum Gasteiger partial charge on any atom is -0.294 e. The number of halogens is 4. The molecule has 1 aromatic carbocycles. The molecule has 1 aliphatic rings. The van der Waals surface area contributed by atoms with Crippen molar-refractivity contribution in [2.45, 2.75) is 50.6 Å². The van der Waals surface area contributed by atoms with Crippen LogP contribution in [0.5, 0.6) is 0 Å². The van der Waals surface area contributed by atoms with E-state index in [9.17, 15) is 22.2 Å². The summed E-state index contributed by atoms with van der Waals surface area (Å²) >= 11 is 5.95. The number of nitrogens with zero attached hydrogens (tertiary/aromatic N) is 5. The highest BCUT2D eigenvalue weighted by atomic mass is 35.5. The van der Waals surface area contributed by atoms with Gasteiger partial charge in [-0.1, -0.05) is 17.7 Å². The van der Waals surface area contributed by atoms with E-state index in [1.807, 2.05) is 0 Å². The quantitative estimate of drug-likeness (QED) is 0.497. The molecule has 4 rings (SSSR count). The highest BCUT2D eigenvalue weighted by Gasteiger charge is 2.34.